The molecule has 5 heteroatoms. The van der Waals surface area contributed by atoms with Gasteiger partial charge in [-0.3, -0.25) is 0 Å². The minimum absolute atomic E-state index is 1.02. The maximum Gasteiger partial charge on any atom is 0.0223 e. The third-order valence-electron chi connectivity index (χ3n) is 0.524. The summed E-state index contributed by atoms with van der Waals surface area (Å²) in [5.74, 6) is 2.04. The van der Waals surface area contributed by atoms with Crippen LogP contribution in [0.25, 0.3) is 0 Å². The zero-order valence-electron chi connectivity index (χ0n) is 6.02. The summed E-state index contributed by atoms with van der Waals surface area (Å²) in [6, 6.07) is 0. The summed E-state index contributed by atoms with van der Waals surface area (Å²) in [7, 11) is 9.02. The number of hydrogen-bond donors (Lipinski definition) is 0. The standard InChI is InChI=1S/C6H10S5/c1-3-5-7-9-11-10-8-6-4-2/h3-4H,1-2,5-6H2. The highest BCUT2D eigenvalue weighted by molar-refractivity contribution is 9.35. The third kappa shape index (κ3) is 11.2. The zero-order valence-corrected chi connectivity index (χ0v) is 10.1. The predicted octanol–water partition coefficient (Wildman–Crippen LogP) is 4.68. The van der Waals surface area contributed by atoms with Crippen LogP contribution >= 0.6 is 51.1 Å². The van der Waals surface area contributed by atoms with E-state index in [1.54, 1.807) is 29.5 Å². The van der Waals surface area contributed by atoms with Crippen LogP contribution in [0.4, 0.5) is 0 Å². The van der Waals surface area contributed by atoms with E-state index < -0.39 is 0 Å². The molecule has 64 valence electrons. The lowest BCUT2D eigenvalue weighted by Crippen LogP contribution is -1.58. The molecule has 0 saturated heterocycles. The van der Waals surface area contributed by atoms with Crippen molar-refractivity contribution in [2.24, 2.45) is 0 Å². The van der Waals surface area contributed by atoms with Gasteiger partial charge in [-0.15, -0.1) is 13.2 Å². The topological polar surface area (TPSA) is 0 Å². The molecule has 0 nitrogen and oxygen atoms in total. The summed E-state index contributed by atoms with van der Waals surface area (Å²) >= 11 is 0. The Kier molecular flexibility index (Phi) is 12.5. The lowest BCUT2D eigenvalue weighted by molar-refractivity contribution is 1.84. The summed E-state index contributed by atoms with van der Waals surface area (Å²) in [6.07, 6.45) is 3.83. The summed E-state index contributed by atoms with van der Waals surface area (Å²) < 4.78 is 0. The molecule has 0 atom stereocenters. The molecule has 0 aliphatic carbocycles. The van der Waals surface area contributed by atoms with E-state index in [9.17, 15) is 0 Å². The van der Waals surface area contributed by atoms with Crippen LogP contribution in [0, 0.1) is 0 Å². The van der Waals surface area contributed by atoms with Crippen LogP contribution in [0.1, 0.15) is 0 Å². The van der Waals surface area contributed by atoms with Gasteiger partial charge in [-0.25, -0.2) is 0 Å². The van der Waals surface area contributed by atoms with E-state index in [0.717, 1.165) is 11.5 Å². The Labute approximate surface area is 87.4 Å². The molecule has 0 N–H and O–H groups in total. The Balaban J connectivity index is 2.79. The first-order valence-electron chi connectivity index (χ1n) is 2.88. The van der Waals surface area contributed by atoms with E-state index in [4.69, 9.17) is 0 Å². The molecule has 0 aromatic rings. The van der Waals surface area contributed by atoms with Gasteiger partial charge in [0.2, 0.25) is 0 Å². The second-order valence-electron chi connectivity index (χ2n) is 1.35. The molecule has 11 heavy (non-hydrogen) atoms. The molecule has 0 amide bonds. The van der Waals surface area contributed by atoms with E-state index in [2.05, 4.69) is 13.2 Å². The summed E-state index contributed by atoms with van der Waals surface area (Å²) in [4.78, 5) is 0. The smallest absolute Gasteiger partial charge is 0.0223 e. The molecule has 0 fully saturated rings. The normalized spacial score (nSPS) is 9.45. The number of hydrogen-bond acceptors (Lipinski definition) is 5. The highest BCUT2D eigenvalue weighted by Crippen LogP contribution is 2.48. The highest BCUT2D eigenvalue weighted by Gasteiger charge is 1.89. The first kappa shape index (κ1) is 12.2. The molecular weight excluding hydrogens is 232 g/mol. The Morgan fingerprint density at radius 1 is 0.818 bits per heavy atom. The molecule has 0 heterocycles. The second-order valence-corrected chi connectivity index (χ2v) is 9.21. The quantitative estimate of drug-likeness (QED) is 0.343. The van der Waals surface area contributed by atoms with Crippen molar-refractivity contribution in [3.8, 4) is 0 Å². The largest absolute Gasteiger partial charge is 0.102 e. The highest BCUT2D eigenvalue weighted by atomic mass is 33.8. The Bertz CT molecular complexity index is 91.1. The maximum atomic E-state index is 3.64. The SMILES string of the molecule is C=CCSSSSSCC=C. The van der Waals surface area contributed by atoms with Gasteiger partial charge in [-0.1, -0.05) is 33.7 Å². The van der Waals surface area contributed by atoms with Crippen LogP contribution in [-0.4, -0.2) is 11.5 Å². The molecule has 0 spiro atoms. The van der Waals surface area contributed by atoms with E-state index in [-0.39, 0.29) is 0 Å². The lowest BCUT2D eigenvalue weighted by Gasteiger charge is -1.94. The van der Waals surface area contributed by atoms with Gasteiger partial charge in [-0.2, -0.15) is 0 Å². The molecule has 0 aromatic heterocycles. The van der Waals surface area contributed by atoms with Crippen molar-refractivity contribution in [2.45, 2.75) is 0 Å². The van der Waals surface area contributed by atoms with Gasteiger partial charge < -0.3 is 0 Å². The van der Waals surface area contributed by atoms with Crippen molar-refractivity contribution in [3.63, 3.8) is 0 Å². The maximum absolute atomic E-state index is 3.64. The average Bonchev–Trinajstić information content (AvgIpc) is 2.03. The molecule has 0 unspecified atom stereocenters. The van der Waals surface area contributed by atoms with Gasteiger partial charge in [0.25, 0.3) is 0 Å². The molecule has 0 radical (unpaired) electrons. The first-order chi connectivity index (χ1) is 5.41. The van der Waals surface area contributed by atoms with E-state index in [1.165, 1.54) is 0 Å². The van der Waals surface area contributed by atoms with E-state index in [0.29, 0.717) is 0 Å². The predicted molar refractivity (Wildman–Crippen MR) is 68.1 cm³/mol. The van der Waals surface area contributed by atoms with Crippen LogP contribution in [0.5, 0.6) is 0 Å². The second kappa shape index (κ2) is 11.2. The first-order valence-corrected chi connectivity index (χ1v) is 9.37. The van der Waals surface area contributed by atoms with Crippen LogP contribution in [0.15, 0.2) is 25.3 Å². The van der Waals surface area contributed by atoms with Gasteiger partial charge >= 0.3 is 0 Å². The van der Waals surface area contributed by atoms with Gasteiger partial charge in [-0.05, 0) is 29.5 Å². The molecular formula is C6H10S5. The molecule has 0 aliphatic rings. The number of rotatable bonds is 8. The van der Waals surface area contributed by atoms with Gasteiger partial charge in [0, 0.05) is 11.5 Å². The van der Waals surface area contributed by atoms with Crippen molar-refractivity contribution in [2.75, 3.05) is 11.5 Å². The minimum atomic E-state index is 1.02. The monoisotopic (exact) mass is 242 g/mol. The average molecular weight is 242 g/mol. The van der Waals surface area contributed by atoms with Crippen molar-refractivity contribution < 1.29 is 0 Å². The van der Waals surface area contributed by atoms with E-state index >= 15 is 0 Å². The van der Waals surface area contributed by atoms with Crippen molar-refractivity contribution in [1.82, 2.24) is 0 Å². The third-order valence-corrected chi connectivity index (χ3v) is 9.03. The molecule has 0 aliphatic heterocycles. The fourth-order valence-corrected chi connectivity index (χ4v) is 8.30. The Morgan fingerprint density at radius 2 is 1.27 bits per heavy atom. The minimum Gasteiger partial charge on any atom is -0.102 e. The fourth-order valence-electron chi connectivity index (χ4n) is 0.202. The van der Waals surface area contributed by atoms with Crippen LogP contribution in [-0.2, 0) is 0 Å². The lowest BCUT2D eigenvalue weighted by atomic mass is 10.8. The molecule has 0 saturated carbocycles. The van der Waals surface area contributed by atoms with Gasteiger partial charge in [0.15, 0.2) is 0 Å². The zero-order chi connectivity index (χ0) is 8.36. The molecule has 0 rings (SSSR count). The van der Waals surface area contributed by atoms with E-state index in [1.807, 2.05) is 33.7 Å². The summed E-state index contributed by atoms with van der Waals surface area (Å²) in [5, 5.41) is 0. The van der Waals surface area contributed by atoms with Crippen LogP contribution in [0.2, 0.25) is 0 Å². The van der Waals surface area contributed by atoms with Crippen LogP contribution in [0.3, 0.4) is 0 Å². The van der Waals surface area contributed by atoms with Gasteiger partial charge in [0.1, 0.15) is 0 Å². The fraction of sp³-hybridized carbons (Fsp3) is 0.333. The van der Waals surface area contributed by atoms with Crippen molar-refractivity contribution in [1.29, 1.82) is 0 Å². The van der Waals surface area contributed by atoms with Crippen molar-refractivity contribution >= 4 is 51.1 Å². The summed E-state index contributed by atoms with van der Waals surface area (Å²) in [6.45, 7) is 7.28. The molecule has 0 aromatic carbocycles. The summed E-state index contributed by atoms with van der Waals surface area (Å²) in [5.41, 5.74) is 0. The van der Waals surface area contributed by atoms with Crippen molar-refractivity contribution in [3.05, 3.63) is 25.3 Å². The Hall–Kier alpha value is 1.23. The van der Waals surface area contributed by atoms with Crippen LogP contribution < -0.4 is 0 Å². The molecule has 0 bridgehead atoms. The Morgan fingerprint density at radius 3 is 1.64 bits per heavy atom. The van der Waals surface area contributed by atoms with Gasteiger partial charge in [0.05, 0.1) is 0 Å².